The molecule has 8 heteroatoms. The third kappa shape index (κ3) is 3.96. The number of ketones is 1. The Labute approximate surface area is 149 Å². The summed E-state index contributed by atoms with van der Waals surface area (Å²) in [6.45, 7) is 8.39. The van der Waals surface area contributed by atoms with E-state index < -0.39 is 24.3 Å². The average molecular weight is 364 g/mol. The summed E-state index contributed by atoms with van der Waals surface area (Å²) < 4.78 is 10.1. The van der Waals surface area contributed by atoms with Gasteiger partial charge in [-0.2, -0.15) is 0 Å². The van der Waals surface area contributed by atoms with E-state index in [0.717, 1.165) is 5.01 Å². The van der Waals surface area contributed by atoms with Gasteiger partial charge in [-0.05, 0) is 40.2 Å². The van der Waals surface area contributed by atoms with Crippen molar-refractivity contribution >= 4 is 29.1 Å². The van der Waals surface area contributed by atoms with E-state index in [9.17, 15) is 14.4 Å². The number of thiazole rings is 1. The number of aryl methyl sites for hydroxylation is 3. The summed E-state index contributed by atoms with van der Waals surface area (Å²) in [4.78, 5) is 43.8. The number of rotatable bonds is 6. The fourth-order valence-electron chi connectivity index (χ4n) is 2.53. The minimum absolute atomic E-state index is 0.241. The predicted octanol–water partition coefficient (Wildman–Crippen LogP) is 2.92. The number of nitrogens with zero attached hydrogens (tertiary/aromatic N) is 1. The maximum Gasteiger partial charge on any atom is 0.350 e. The molecule has 0 amide bonds. The Morgan fingerprint density at radius 3 is 2.32 bits per heavy atom. The van der Waals surface area contributed by atoms with E-state index in [4.69, 9.17) is 9.47 Å². The van der Waals surface area contributed by atoms with Gasteiger partial charge < -0.3 is 14.5 Å². The van der Waals surface area contributed by atoms with Crippen LogP contribution in [0.2, 0.25) is 0 Å². The number of H-pyrrole nitrogens is 1. The highest BCUT2D eigenvalue weighted by Gasteiger charge is 2.24. The van der Waals surface area contributed by atoms with Crippen LogP contribution in [0.1, 0.15) is 59.4 Å². The van der Waals surface area contributed by atoms with E-state index in [1.165, 1.54) is 11.3 Å². The number of carbonyl (C=O) groups excluding carboxylic acids is 3. The van der Waals surface area contributed by atoms with Gasteiger partial charge in [-0.15, -0.1) is 11.3 Å². The van der Waals surface area contributed by atoms with Gasteiger partial charge in [0, 0.05) is 5.69 Å². The van der Waals surface area contributed by atoms with E-state index in [1.54, 1.807) is 34.6 Å². The molecule has 0 aliphatic rings. The maximum absolute atomic E-state index is 12.4. The summed E-state index contributed by atoms with van der Waals surface area (Å²) in [5.41, 5.74) is 2.19. The number of Topliss-reactive ketones (excluding diaryl/α,β-unsaturated/α-hetero) is 1. The summed E-state index contributed by atoms with van der Waals surface area (Å²) in [7, 11) is 0. The van der Waals surface area contributed by atoms with Crippen LogP contribution in [0, 0.1) is 27.7 Å². The number of ether oxygens (including phenoxy) is 2. The lowest BCUT2D eigenvalue weighted by atomic mass is 10.1. The minimum Gasteiger partial charge on any atom is -0.462 e. The molecule has 0 atom stereocenters. The van der Waals surface area contributed by atoms with E-state index in [-0.39, 0.29) is 12.3 Å². The van der Waals surface area contributed by atoms with Gasteiger partial charge >= 0.3 is 11.9 Å². The fourth-order valence-corrected chi connectivity index (χ4v) is 3.34. The molecule has 0 aliphatic heterocycles. The smallest absolute Gasteiger partial charge is 0.350 e. The van der Waals surface area contributed by atoms with Crippen molar-refractivity contribution in [3.63, 3.8) is 0 Å². The van der Waals surface area contributed by atoms with Crippen LogP contribution < -0.4 is 0 Å². The minimum atomic E-state index is -0.581. The molecule has 7 nitrogen and oxygen atoms in total. The third-order valence-electron chi connectivity index (χ3n) is 3.62. The first kappa shape index (κ1) is 18.9. The molecule has 0 fully saturated rings. The van der Waals surface area contributed by atoms with Crippen LogP contribution in [0.4, 0.5) is 0 Å². The van der Waals surface area contributed by atoms with Gasteiger partial charge in [0.2, 0.25) is 5.78 Å². The molecule has 0 spiro atoms. The molecule has 0 saturated heterocycles. The monoisotopic (exact) mass is 364 g/mol. The second-order valence-electron chi connectivity index (χ2n) is 5.49. The summed E-state index contributed by atoms with van der Waals surface area (Å²) in [5.74, 6) is -1.48. The number of esters is 2. The number of nitrogens with one attached hydrogen (secondary N) is 1. The Kier molecular flexibility index (Phi) is 5.73. The van der Waals surface area contributed by atoms with Gasteiger partial charge in [-0.1, -0.05) is 0 Å². The molecule has 25 heavy (non-hydrogen) atoms. The van der Waals surface area contributed by atoms with Gasteiger partial charge in [0.15, 0.2) is 6.61 Å². The molecule has 0 aromatic carbocycles. The molecule has 0 aliphatic carbocycles. The van der Waals surface area contributed by atoms with Crippen molar-refractivity contribution in [1.29, 1.82) is 0 Å². The molecular formula is C17H20N2O5S. The van der Waals surface area contributed by atoms with Crippen molar-refractivity contribution in [2.24, 2.45) is 0 Å². The Morgan fingerprint density at radius 2 is 1.76 bits per heavy atom. The van der Waals surface area contributed by atoms with Crippen molar-refractivity contribution in [3.05, 3.63) is 38.1 Å². The zero-order valence-electron chi connectivity index (χ0n) is 14.8. The predicted molar refractivity (Wildman–Crippen MR) is 92.4 cm³/mol. The van der Waals surface area contributed by atoms with Gasteiger partial charge in [0.25, 0.3) is 0 Å². The highest BCUT2D eigenvalue weighted by molar-refractivity contribution is 7.13. The Morgan fingerprint density at radius 1 is 1.08 bits per heavy atom. The lowest BCUT2D eigenvalue weighted by molar-refractivity contribution is 0.0476. The second-order valence-corrected chi connectivity index (χ2v) is 6.70. The first-order chi connectivity index (χ1) is 11.8. The summed E-state index contributed by atoms with van der Waals surface area (Å²) in [6.07, 6.45) is 0. The number of aromatic amines is 1. The molecular weight excluding hydrogens is 344 g/mol. The van der Waals surface area contributed by atoms with Crippen LogP contribution in [0.3, 0.4) is 0 Å². The highest BCUT2D eigenvalue weighted by atomic mass is 32.1. The van der Waals surface area contributed by atoms with E-state index in [2.05, 4.69) is 9.97 Å². The van der Waals surface area contributed by atoms with Crippen molar-refractivity contribution in [2.45, 2.75) is 34.6 Å². The van der Waals surface area contributed by atoms with E-state index in [1.807, 2.05) is 0 Å². The van der Waals surface area contributed by atoms with E-state index >= 15 is 0 Å². The van der Waals surface area contributed by atoms with Gasteiger partial charge in [-0.3, -0.25) is 4.79 Å². The Bertz CT molecular complexity index is 834. The molecule has 2 heterocycles. The quantitative estimate of drug-likeness (QED) is 0.625. The first-order valence-corrected chi connectivity index (χ1v) is 8.58. The Balaban J connectivity index is 2.11. The average Bonchev–Trinajstić information content (AvgIpc) is 3.03. The molecule has 0 radical (unpaired) electrons. The SMILES string of the molecule is CCOC(=O)c1c(C)[nH]c(C(=O)COC(=O)c2sc(C)nc2C)c1C. The van der Waals surface area contributed by atoms with E-state index in [0.29, 0.717) is 27.4 Å². The normalized spacial score (nSPS) is 10.6. The number of hydrogen-bond acceptors (Lipinski definition) is 7. The van der Waals surface area contributed by atoms with Gasteiger partial charge in [0.05, 0.1) is 28.6 Å². The lowest BCUT2D eigenvalue weighted by Crippen LogP contribution is -2.15. The number of hydrogen-bond donors (Lipinski definition) is 1. The highest BCUT2D eigenvalue weighted by Crippen LogP contribution is 2.21. The molecule has 134 valence electrons. The molecule has 0 saturated carbocycles. The summed E-state index contributed by atoms with van der Waals surface area (Å²) >= 11 is 1.22. The third-order valence-corrected chi connectivity index (χ3v) is 4.67. The zero-order valence-corrected chi connectivity index (χ0v) is 15.6. The van der Waals surface area contributed by atoms with Crippen molar-refractivity contribution < 1.29 is 23.9 Å². The van der Waals surface area contributed by atoms with Crippen molar-refractivity contribution in [2.75, 3.05) is 13.2 Å². The largest absolute Gasteiger partial charge is 0.462 e. The van der Waals surface area contributed by atoms with Crippen molar-refractivity contribution in [3.8, 4) is 0 Å². The standard InChI is InChI=1S/C17H20N2O5S/c1-6-23-16(21)13-8(2)14(19-9(13)3)12(20)7-24-17(22)15-10(4)18-11(5)25-15/h19H,6-7H2,1-5H3. The zero-order chi connectivity index (χ0) is 18.7. The molecule has 2 rings (SSSR count). The van der Waals surface area contributed by atoms with Crippen LogP contribution in [0.15, 0.2) is 0 Å². The molecule has 2 aromatic heterocycles. The number of aromatic nitrogens is 2. The maximum atomic E-state index is 12.4. The van der Waals surface area contributed by atoms with Crippen molar-refractivity contribution in [1.82, 2.24) is 9.97 Å². The fraction of sp³-hybridized carbons (Fsp3) is 0.412. The van der Waals surface area contributed by atoms with Gasteiger partial charge in [0.1, 0.15) is 4.88 Å². The van der Waals surface area contributed by atoms with Crippen LogP contribution in [-0.2, 0) is 9.47 Å². The lowest BCUT2D eigenvalue weighted by Gasteiger charge is -2.04. The second kappa shape index (κ2) is 7.60. The van der Waals surface area contributed by atoms with Crippen LogP contribution in [0.5, 0.6) is 0 Å². The topological polar surface area (TPSA) is 98.4 Å². The molecule has 0 bridgehead atoms. The summed E-state index contributed by atoms with van der Waals surface area (Å²) in [6, 6.07) is 0. The van der Waals surface area contributed by atoms with Crippen LogP contribution in [0.25, 0.3) is 0 Å². The first-order valence-electron chi connectivity index (χ1n) is 7.76. The molecule has 0 unspecified atom stereocenters. The molecule has 1 N–H and O–H groups in total. The molecule has 2 aromatic rings. The summed E-state index contributed by atoms with van der Waals surface area (Å²) in [5, 5.41) is 0.755. The van der Waals surface area contributed by atoms with Gasteiger partial charge in [-0.25, -0.2) is 14.6 Å². The van der Waals surface area contributed by atoms with Crippen LogP contribution in [-0.4, -0.2) is 40.9 Å². The Hall–Kier alpha value is -2.48. The van der Waals surface area contributed by atoms with Crippen LogP contribution >= 0.6 is 11.3 Å². The number of carbonyl (C=O) groups is 3.